The van der Waals surface area contributed by atoms with Crippen molar-refractivity contribution < 1.29 is 38.4 Å². The number of hydrogen-bond donors (Lipinski definition) is 0. The van der Waals surface area contributed by atoms with E-state index in [9.17, 15) is 28.8 Å². The first kappa shape index (κ1) is 16.8. The molecule has 0 N–H and O–H groups in total. The minimum Gasteiger partial charge on any atom is -0.324 e. The molecule has 0 radical (unpaired) electrons. The molecule has 3 rings (SSSR count). The van der Waals surface area contributed by atoms with Crippen LogP contribution in [-0.2, 0) is 28.9 Å². The van der Waals surface area contributed by atoms with Crippen LogP contribution in [0.5, 0.6) is 0 Å². The third kappa shape index (κ3) is 2.98. The van der Waals surface area contributed by atoms with Gasteiger partial charge < -0.3 is 9.68 Å². The summed E-state index contributed by atoms with van der Waals surface area (Å²) in [6, 6.07) is 5.16. The van der Waals surface area contributed by atoms with E-state index in [2.05, 4.69) is 0 Å². The van der Waals surface area contributed by atoms with Gasteiger partial charge in [0.15, 0.2) is 0 Å². The number of hydroxylamine groups is 4. The lowest BCUT2D eigenvalue weighted by molar-refractivity contribution is -0.172. The van der Waals surface area contributed by atoms with E-state index in [-0.39, 0.29) is 21.3 Å². The lowest BCUT2D eigenvalue weighted by atomic mass is 10.1. The van der Waals surface area contributed by atoms with E-state index in [1.54, 1.807) is 0 Å². The van der Waals surface area contributed by atoms with Gasteiger partial charge in [-0.25, -0.2) is 9.59 Å². The molecule has 0 unspecified atom stereocenters. The quantitative estimate of drug-likeness (QED) is 0.672. The van der Waals surface area contributed by atoms with Crippen LogP contribution in [0, 0.1) is 0 Å². The Morgan fingerprint density at radius 2 is 0.923 bits per heavy atom. The zero-order valence-electron chi connectivity index (χ0n) is 12.8. The second-order valence-corrected chi connectivity index (χ2v) is 4.91. The van der Waals surface area contributed by atoms with E-state index in [1.165, 1.54) is 24.3 Å². The molecule has 0 saturated carbocycles. The Balaban J connectivity index is 1.79. The maximum Gasteiger partial charge on any atom is 0.364 e. The third-order valence-corrected chi connectivity index (χ3v) is 3.25. The summed E-state index contributed by atoms with van der Waals surface area (Å²) in [6.45, 7) is 0. The number of hydrogen-bond acceptors (Lipinski definition) is 8. The Kier molecular flexibility index (Phi) is 4.15. The lowest BCUT2D eigenvalue weighted by Crippen LogP contribution is -2.35. The number of carbonyl (C=O) groups excluding carboxylic acids is 6. The van der Waals surface area contributed by atoms with Crippen LogP contribution in [0.15, 0.2) is 48.6 Å². The molecule has 0 atom stereocenters. The summed E-state index contributed by atoms with van der Waals surface area (Å²) in [5.41, 5.74) is -0.672. The van der Waals surface area contributed by atoms with Gasteiger partial charge in [0.2, 0.25) is 0 Å². The fraction of sp³-hybridized carbons (Fsp3) is 0. The van der Waals surface area contributed by atoms with E-state index in [0.29, 0.717) is 0 Å². The number of rotatable bonds is 4. The molecule has 0 spiro atoms. The zero-order chi connectivity index (χ0) is 18.8. The first-order valence-corrected chi connectivity index (χ1v) is 7.04. The van der Waals surface area contributed by atoms with Gasteiger partial charge >= 0.3 is 11.9 Å². The molecule has 4 amide bonds. The van der Waals surface area contributed by atoms with Gasteiger partial charge in [-0.15, -0.1) is 0 Å². The summed E-state index contributed by atoms with van der Waals surface area (Å²) in [5, 5.41) is 0.448. The van der Waals surface area contributed by atoms with Crippen molar-refractivity contribution in [1.82, 2.24) is 10.1 Å². The van der Waals surface area contributed by atoms with Gasteiger partial charge in [-0.1, -0.05) is 22.3 Å². The predicted octanol–water partition coefficient (Wildman–Crippen LogP) is -0.320. The van der Waals surface area contributed by atoms with Crippen LogP contribution >= 0.6 is 0 Å². The summed E-state index contributed by atoms with van der Waals surface area (Å²) in [5.74, 6) is -5.80. The van der Waals surface area contributed by atoms with Gasteiger partial charge in [0, 0.05) is 24.3 Å². The van der Waals surface area contributed by atoms with Crippen LogP contribution < -0.4 is 0 Å². The van der Waals surface area contributed by atoms with E-state index < -0.39 is 35.6 Å². The smallest absolute Gasteiger partial charge is 0.324 e. The Bertz CT molecular complexity index is 819. The Morgan fingerprint density at radius 1 is 0.615 bits per heavy atom. The van der Waals surface area contributed by atoms with Crippen molar-refractivity contribution in [2.24, 2.45) is 0 Å². The highest BCUT2D eigenvalue weighted by molar-refractivity contribution is 6.14. The first-order valence-electron chi connectivity index (χ1n) is 7.04. The van der Waals surface area contributed by atoms with Crippen molar-refractivity contribution in [3.05, 3.63) is 59.7 Å². The van der Waals surface area contributed by atoms with Gasteiger partial charge in [-0.2, -0.15) is 0 Å². The number of nitrogens with zero attached hydrogens (tertiary/aromatic N) is 2. The van der Waals surface area contributed by atoms with E-state index in [4.69, 9.17) is 9.68 Å². The molecule has 0 aliphatic carbocycles. The molecule has 0 fully saturated rings. The van der Waals surface area contributed by atoms with Crippen molar-refractivity contribution in [3.8, 4) is 0 Å². The monoisotopic (exact) mass is 356 g/mol. The summed E-state index contributed by atoms with van der Waals surface area (Å²) in [4.78, 5) is 79.6. The molecule has 2 aliphatic rings. The second kappa shape index (κ2) is 6.43. The molecule has 0 saturated heterocycles. The minimum atomic E-state index is -1.18. The van der Waals surface area contributed by atoms with Crippen molar-refractivity contribution >= 4 is 35.6 Å². The second-order valence-electron chi connectivity index (χ2n) is 4.91. The molecular formula is C16H8N2O8. The molecule has 10 nitrogen and oxygen atoms in total. The third-order valence-electron chi connectivity index (χ3n) is 3.25. The Hall–Kier alpha value is -4.08. The van der Waals surface area contributed by atoms with Crippen molar-refractivity contribution in [3.63, 3.8) is 0 Å². The van der Waals surface area contributed by atoms with Crippen molar-refractivity contribution in [2.75, 3.05) is 0 Å². The summed E-state index contributed by atoms with van der Waals surface area (Å²) >= 11 is 0. The van der Waals surface area contributed by atoms with Crippen LogP contribution in [0.1, 0.15) is 20.7 Å². The van der Waals surface area contributed by atoms with Gasteiger partial charge in [0.1, 0.15) is 0 Å². The fourth-order valence-electron chi connectivity index (χ4n) is 2.06. The topological polar surface area (TPSA) is 127 Å². The highest BCUT2D eigenvalue weighted by atomic mass is 16.7. The van der Waals surface area contributed by atoms with Crippen LogP contribution in [-0.4, -0.2) is 45.7 Å². The number of imide groups is 2. The van der Waals surface area contributed by atoms with E-state index in [0.717, 1.165) is 24.3 Å². The molecule has 10 heteroatoms. The van der Waals surface area contributed by atoms with Gasteiger partial charge in [0.25, 0.3) is 23.6 Å². The minimum absolute atomic E-state index is 0.224. The molecular weight excluding hydrogens is 348 g/mol. The molecule has 26 heavy (non-hydrogen) atoms. The number of amides is 4. The first-order chi connectivity index (χ1) is 12.4. The Labute approximate surface area is 144 Å². The molecule has 2 heterocycles. The normalized spacial score (nSPS) is 15.8. The molecule has 130 valence electrons. The van der Waals surface area contributed by atoms with Crippen molar-refractivity contribution in [1.29, 1.82) is 0 Å². The average molecular weight is 356 g/mol. The van der Waals surface area contributed by atoms with Crippen molar-refractivity contribution in [2.45, 2.75) is 0 Å². The highest BCUT2D eigenvalue weighted by Crippen LogP contribution is 2.16. The molecule has 0 aromatic heterocycles. The fourth-order valence-corrected chi connectivity index (χ4v) is 2.06. The van der Waals surface area contributed by atoms with Crippen LogP contribution in [0.2, 0.25) is 0 Å². The molecule has 2 aliphatic heterocycles. The summed E-state index contributed by atoms with van der Waals surface area (Å²) < 4.78 is 0. The molecule has 1 aromatic carbocycles. The maximum absolute atomic E-state index is 12.2. The number of carbonyl (C=O) groups is 6. The van der Waals surface area contributed by atoms with Gasteiger partial charge in [0.05, 0.1) is 11.1 Å². The predicted molar refractivity (Wildman–Crippen MR) is 79.3 cm³/mol. The van der Waals surface area contributed by atoms with Crippen LogP contribution in [0.4, 0.5) is 0 Å². The molecule has 0 bridgehead atoms. The standard InChI is InChI=1S/C16H8N2O8/c19-11-5-6-12(20)17(11)25-15(23)9-3-1-2-4-10(9)16(24)26-18-13(21)7-8-14(18)22/h1-8H. The molecule has 1 aromatic rings. The average Bonchev–Trinajstić information content (AvgIpc) is 3.11. The zero-order valence-corrected chi connectivity index (χ0v) is 12.8. The summed E-state index contributed by atoms with van der Waals surface area (Å²) in [7, 11) is 0. The number of benzene rings is 1. The highest BCUT2D eigenvalue weighted by Gasteiger charge is 2.32. The Morgan fingerprint density at radius 3 is 1.23 bits per heavy atom. The van der Waals surface area contributed by atoms with Crippen LogP contribution in [0.3, 0.4) is 0 Å². The SMILES string of the molecule is O=C(ON1C(=O)C=CC1=O)c1ccccc1C(=O)ON1C(=O)C=CC1=O. The summed E-state index contributed by atoms with van der Waals surface area (Å²) in [6.07, 6.45) is 3.64. The van der Waals surface area contributed by atoms with Gasteiger partial charge in [-0.3, -0.25) is 19.2 Å². The van der Waals surface area contributed by atoms with E-state index in [1.807, 2.05) is 0 Å². The largest absolute Gasteiger partial charge is 0.364 e. The lowest BCUT2D eigenvalue weighted by Gasteiger charge is -2.15. The van der Waals surface area contributed by atoms with E-state index >= 15 is 0 Å². The van der Waals surface area contributed by atoms with Crippen LogP contribution in [0.25, 0.3) is 0 Å². The maximum atomic E-state index is 12.2. The van der Waals surface area contributed by atoms with Gasteiger partial charge in [-0.05, 0) is 12.1 Å².